The number of aryl methyl sites for hydroxylation is 1. The van der Waals surface area contributed by atoms with Gasteiger partial charge in [0.25, 0.3) is 0 Å². The Balaban J connectivity index is 2.24. The van der Waals surface area contributed by atoms with Crippen LogP contribution in [-0.2, 0) is 13.0 Å². The Morgan fingerprint density at radius 3 is 1.71 bits per heavy atom. The van der Waals surface area contributed by atoms with E-state index in [9.17, 15) is 0 Å². The number of benzene rings is 2. The third-order valence-electron chi connectivity index (χ3n) is 2.91. The maximum atomic E-state index is 6.83. The van der Waals surface area contributed by atoms with Crippen molar-refractivity contribution in [3.63, 3.8) is 0 Å². The Hall–Kier alpha value is -2.07. The molecule has 0 aromatic heterocycles. The Bertz CT molecular complexity index is 515. The summed E-state index contributed by atoms with van der Waals surface area (Å²) in [5.74, 6) is 0. The van der Waals surface area contributed by atoms with Crippen molar-refractivity contribution in [2.75, 3.05) is 0 Å². The summed E-state index contributed by atoms with van der Waals surface area (Å²) in [6, 6.07) is 16.9. The predicted molar refractivity (Wildman–Crippen MR) is 71.6 cm³/mol. The van der Waals surface area contributed by atoms with Crippen molar-refractivity contribution in [1.29, 1.82) is 0 Å². The summed E-state index contributed by atoms with van der Waals surface area (Å²) in [5, 5.41) is 0. The molecule has 2 aromatic carbocycles. The molecule has 0 N–H and O–H groups in total. The minimum atomic E-state index is 0.467. The highest BCUT2D eigenvalue weighted by atomic mass is 14.6. The van der Waals surface area contributed by atoms with Gasteiger partial charge in [-0.25, -0.2) is 6.57 Å². The van der Waals surface area contributed by atoms with Gasteiger partial charge in [-0.05, 0) is 23.1 Å². The molecule has 0 saturated carbocycles. The third-order valence-corrected chi connectivity index (χ3v) is 2.91. The van der Waals surface area contributed by atoms with Gasteiger partial charge in [-0.2, -0.15) is 0 Å². The molecule has 0 unspecified atom stereocenters. The first kappa shape index (κ1) is 11.4. The molecule has 0 amide bonds. The van der Waals surface area contributed by atoms with Crippen LogP contribution in [0.2, 0.25) is 0 Å². The van der Waals surface area contributed by atoms with E-state index in [1.165, 1.54) is 16.7 Å². The highest BCUT2D eigenvalue weighted by molar-refractivity contribution is 5.63. The quantitative estimate of drug-likeness (QED) is 0.679. The monoisotopic (exact) mass is 221 g/mol. The molecule has 2 rings (SSSR count). The van der Waals surface area contributed by atoms with Gasteiger partial charge in [-0.1, -0.05) is 55.5 Å². The molecule has 1 nitrogen and oxygen atoms in total. The van der Waals surface area contributed by atoms with Crippen LogP contribution in [0, 0.1) is 6.57 Å². The second kappa shape index (κ2) is 5.32. The first-order valence-corrected chi connectivity index (χ1v) is 5.85. The van der Waals surface area contributed by atoms with Gasteiger partial charge in [0, 0.05) is 5.56 Å². The molecule has 0 spiro atoms. The zero-order valence-electron chi connectivity index (χ0n) is 9.98. The third kappa shape index (κ3) is 2.73. The molecule has 0 aliphatic rings. The Kier molecular flexibility index (Phi) is 3.57. The molecule has 0 atom stereocenters. The lowest BCUT2D eigenvalue weighted by molar-refractivity contribution is 1.14. The summed E-state index contributed by atoms with van der Waals surface area (Å²) < 4.78 is 0. The Morgan fingerprint density at radius 2 is 1.29 bits per heavy atom. The molecule has 0 aliphatic heterocycles. The van der Waals surface area contributed by atoms with Crippen molar-refractivity contribution in [3.8, 4) is 11.1 Å². The molecule has 0 radical (unpaired) electrons. The predicted octanol–water partition coefficient (Wildman–Crippen LogP) is 4.34. The van der Waals surface area contributed by atoms with Crippen LogP contribution in [0.5, 0.6) is 0 Å². The van der Waals surface area contributed by atoms with Gasteiger partial charge in [0.2, 0.25) is 6.54 Å². The molecule has 1 heteroatoms. The molecular weight excluding hydrogens is 206 g/mol. The van der Waals surface area contributed by atoms with E-state index in [-0.39, 0.29) is 0 Å². The largest absolute Gasteiger partial charge is 0.312 e. The van der Waals surface area contributed by atoms with E-state index in [0.717, 1.165) is 12.0 Å². The lowest BCUT2D eigenvalue weighted by Gasteiger charge is -2.03. The molecule has 17 heavy (non-hydrogen) atoms. The average Bonchev–Trinajstić information content (AvgIpc) is 2.40. The van der Waals surface area contributed by atoms with Crippen molar-refractivity contribution in [1.82, 2.24) is 0 Å². The molecule has 0 heterocycles. The second-order valence-electron chi connectivity index (χ2n) is 4.06. The first-order chi connectivity index (χ1) is 8.33. The van der Waals surface area contributed by atoms with Gasteiger partial charge in [-0.3, -0.25) is 0 Å². The van der Waals surface area contributed by atoms with Crippen molar-refractivity contribution < 1.29 is 0 Å². The summed E-state index contributed by atoms with van der Waals surface area (Å²) in [6.07, 6.45) is 1.07. The number of nitrogens with zero attached hydrogens (tertiary/aromatic N) is 1. The number of rotatable bonds is 3. The highest BCUT2D eigenvalue weighted by Crippen LogP contribution is 2.20. The highest BCUT2D eigenvalue weighted by Gasteiger charge is 1.99. The summed E-state index contributed by atoms with van der Waals surface area (Å²) in [4.78, 5) is 3.38. The molecule has 2 aromatic rings. The van der Waals surface area contributed by atoms with Crippen LogP contribution in [0.15, 0.2) is 48.5 Å². The van der Waals surface area contributed by atoms with E-state index in [4.69, 9.17) is 6.57 Å². The second-order valence-corrected chi connectivity index (χ2v) is 4.06. The summed E-state index contributed by atoms with van der Waals surface area (Å²) >= 11 is 0. The first-order valence-electron chi connectivity index (χ1n) is 5.85. The fourth-order valence-electron chi connectivity index (χ4n) is 1.83. The zero-order valence-corrected chi connectivity index (χ0v) is 9.98. The number of hydrogen-bond donors (Lipinski definition) is 0. The van der Waals surface area contributed by atoms with Crippen LogP contribution in [0.25, 0.3) is 16.0 Å². The van der Waals surface area contributed by atoms with Crippen LogP contribution >= 0.6 is 0 Å². The normalized spacial score (nSPS) is 9.88. The minimum Gasteiger partial charge on any atom is -0.312 e. The van der Waals surface area contributed by atoms with Crippen LogP contribution in [0.3, 0.4) is 0 Å². The van der Waals surface area contributed by atoms with Crippen LogP contribution in [0.4, 0.5) is 0 Å². The molecule has 0 aliphatic carbocycles. The summed E-state index contributed by atoms with van der Waals surface area (Å²) in [6.45, 7) is 9.46. The van der Waals surface area contributed by atoms with Gasteiger partial charge in [0.15, 0.2) is 0 Å². The van der Waals surface area contributed by atoms with Gasteiger partial charge in [-0.15, -0.1) is 0 Å². The molecule has 0 bridgehead atoms. The van der Waals surface area contributed by atoms with Crippen LogP contribution < -0.4 is 0 Å². The van der Waals surface area contributed by atoms with E-state index in [1.54, 1.807) is 0 Å². The van der Waals surface area contributed by atoms with E-state index in [1.807, 2.05) is 12.1 Å². The van der Waals surface area contributed by atoms with Crippen molar-refractivity contribution in [2.45, 2.75) is 19.9 Å². The van der Waals surface area contributed by atoms with E-state index in [0.29, 0.717) is 6.54 Å². The lowest BCUT2D eigenvalue weighted by Crippen LogP contribution is -1.83. The number of hydrogen-bond acceptors (Lipinski definition) is 0. The lowest BCUT2D eigenvalue weighted by atomic mass is 10.0. The fraction of sp³-hybridized carbons (Fsp3) is 0.188. The van der Waals surface area contributed by atoms with E-state index < -0.39 is 0 Å². The topological polar surface area (TPSA) is 4.36 Å². The van der Waals surface area contributed by atoms with Gasteiger partial charge in [0.05, 0.1) is 0 Å². The van der Waals surface area contributed by atoms with Crippen molar-refractivity contribution in [2.24, 2.45) is 0 Å². The smallest absolute Gasteiger partial charge is 0.239 e. The molecule has 0 saturated heterocycles. The summed E-state index contributed by atoms with van der Waals surface area (Å²) in [7, 11) is 0. The molecule has 84 valence electrons. The van der Waals surface area contributed by atoms with Gasteiger partial charge < -0.3 is 4.85 Å². The Labute approximate surface area is 103 Å². The zero-order chi connectivity index (χ0) is 12.1. The van der Waals surface area contributed by atoms with E-state index in [2.05, 4.69) is 48.2 Å². The van der Waals surface area contributed by atoms with E-state index >= 15 is 0 Å². The van der Waals surface area contributed by atoms with Gasteiger partial charge >= 0.3 is 0 Å². The summed E-state index contributed by atoms with van der Waals surface area (Å²) in [5.41, 5.74) is 4.88. The van der Waals surface area contributed by atoms with Crippen LogP contribution in [-0.4, -0.2) is 0 Å². The standard InChI is InChI=1S/C16H15N/c1-3-13-4-8-15(9-5-13)16-10-6-14(7-11-16)12-17-2/h4-11H,3,12H2,1H3. The SMILES string of the molecule is [C-]#[N+]Cc1ccc(-c2ccc(CC)cc2)cc1. The maximum absolute atomic E-state index is 6.83. The van der Waals surface area contributed by atoms with Crippen molar-refractivity contribution >= 4 is 0 Å². The maximum Gasteiger partial charge on any atom is 0.239 e. The van der Waals surface area contributed by atoms with Gasteiger partial charge in [0.1, 0.15) is 0 Å². The van der Waals surface area contributed by atoms with Crippen molar-refractivity contribution in [3.05, 3.63) is 71.1 Å². The minimum absolute atomic E-state index is 0.467. The average molecular weight is 221 g/mol. The van der Waals surface area contributed by atoms with Crippen LogP contribution in [0.1, 0.15) is 18.1 Å². The fourth-order valence-corrected chi connectivity index (χ4v) is 1.83. The molecule has 0 fully saturated rings. The molecular formula is C16H15N. The Morgan fingerprint density at radius 1 is 0.824 bits per heavy atom.